The molecule has 54 heavy (non-hydrogen) atoms. The van der Waals surface area contributed by atoms with Crippen LogP contribution in [0.25, 0.3) is 0 Å². The lowest BCUT2D eigenvalue weighted by atomic mass is 9.94. The molecule has 1 aliphatic rings. The van der Waals surface area contributed by atoms with E-state index in [-0.39, 0.29) is 30.7 Å². The Morgan fingerprint density at radius 2 is 1.57 bits per heavy atom. The zero-order valence-corrected chi connectivity index (χ0v) is 33.1. The lowest BCUT2D eigenvalue weighted by molar-refractivity contribution is -0.132. The summed E-state index contributed by atoms with van der Waals surface area (Å²) >= 11 is 0. The van der Waals surface area contributed by atoms with Crippen molar-refractivity contribution in [1.82, 2.24) is 31.4 Å². The normalized spacial score (nSPS) is 15.0. The highest BCUT2D eigenvalue weighted by molar-refractivity contribution is 7.90. The summed E-state index contributed by atoms with van der Waals surface area (Å²) in [6.45, 7) is 16.1. The van der Waals surface area contributed by atoms with E-state index in [2.05, 4.69) is 20.7 Å². The van der Waals surface area contributed by atoms with Crippen molar-refractivity contribution in [3.8, 4) is 11.5 Å². The summed E-state index contributed by atoms with van der Waals surface area (Å²) in [6, 6.07) is 3.26. The molecule has 0 fully saturated rings. The number of hydrogen-bond donors (Lipinski definition) is 9. The number of nitrogens with one attached hydrogen (secondary N) is 7. The summed E-state index contributed by atoms with van der Waals surface area (Å²) in [5.74, 6) is 3.94. The molecule has 2 aromatic carbocycles. The Morgan fingerprint density at radius 3 is 2.15 bits per heavy atom. The molecule has 0 aromatic heterocycles. The lowest BCUT2D eigenvalue weighted by Crippen LogP contribution is -2.57. The molecule has 17 nitrogen and oxygen atoms in total. The molecule has 0 saturated carbocycles. The average molecular weight is 775 g/mol. The van der Waals surface area contributed by atoms with Gasteiger partial charge in [0.05, 0.1) is 4.90 Å². The second-order valence-corrected chi connectivity index (χ2v) is 16.6. The number of hydrogen-bond acceptors (Lipinski definition) is 10. The Balaban J connectivity index is 1.68. The number of fused-ring (bicyclic) bond motifs is 1. The smallest absolute Gasteiger partial charge is 0.405 e. The molecular formula is C36H54N8O9S. The molecule has 1 heterocycles. The molecule has 0 saturated heterocycles. The lowest BCUT2D eigenvalue weighted by Gasteiger charge is -2.24. The van der Waals surface area contributed by atoms with Gasteiger partial charge in [-0.3, -0.25) is 25.2 Å². The highest BCUT2D eigenvalue weighted by Crippen LogP contribution is 2.43. The van der Waals surface area contributed by atoms with Gasteiger partial charge in [0.1, 0.15) is 40.8 Å². The van der Waals surface area contributed by atoms with E-state index in [1.807, 2.05) is 45.4 Å². The quantitative estimate of drug-likeness (QED) is 0.0315. The van der Waals surface area contributed by atoms with Crippen LogP contribution in [0.5, 0.6) is 11.5 Å². The van der Waals surface area contributed by atoms with Crippen LogP contribution < -0.4 is 46.7 Å². The Labute approximate surface area is 316 Å². The highest BCUT2D eigenvalue weighted by atomic mass is 32.2. The average Bonchev–Trinajstić information content (AvgIpc) is 3.39. The van der Waals surface area contributed by atoms with Gasteiger partial charge in [0.2, 0.25) is 17.8 Å². The van der Waals surface area contributed by atoms with Crippen LogP contribution in [0.15, 0.2) is 29.2 Å². The molecule has 0 radical (unpaired) electrons. The van der Waals surface area contributed by atoms with Gasteiger partial charge in [-0.25, -0.2) is 23.8 Å². The molecule has 3 atom stereocenters. The number of carbonyl (C=O) groups is 4. The van der Waals surface area contributed by atoms with Gasteiger partial charge < -0.3 is 35.8 Å². The van der Waals surface area contributed by atoms with Crippen LogP contribution in [0, 0.1) is 26.2 Å². The largest absolute Gasteiger partial charge is 0.488 e. The number of carboxylic acid groups (broad SMARTS) is 1. The summed E-state index contributed by atoms with van der Waals surface area (Å²) in [7, 11) is -4.17. The van der Waals surface area contributed by atoms with Crippen molar-refractivity contribution in [3.05, 3.63) is 52.1 Å². The molecule has 3 rings (SSSR count). The number of benzene rings is 2. The molecular weight excluding hydrogens is 721 g/mol. The number of hydrazine groups is 1. The number of amides is 4. The van der Waals surface area contributed by atoms with Crippen LogP contribution in [0.3, 0.4) is 0 Å². The van der Waals surface area contributed by atoms with Gasteiger partial charge in [-0.05, 0) is 110 Å². The van der Waals surface area contributed by atoms with Gasteiger partial charge in [-0.1, -0.05) is 12.1 Å². The van der Waals surface area contributed by atoms with E-state index in [1.165, 1.54) is 6.92 Å². The minimum absolute atomic E-state index is 0.0102. The predicted molar refractivity (Wildman–Crippen MR) is 202 cm³/mol. The summed E-state index contributed by atoms with van der Waals surface area (Å²) in [4.78, 5) is 50.4. The van der Waals surface area contributed by atoms with Gasteiger partial charge in [-0.2, -0.15) is 0 Å². The first-order chi connectivity index (χ1) is 24.9. The van der Waals surface area contributed by atoms with Crippen molar-refractivity contribution in [2.45, 2.75) is 122 Å². The Morgan fingerprint density at radius 1 is 0.963 bits per heavy atom. The molecule has 10 N–H and O–H groups in total. The maximum Gasteiger partial charge on any atom is 0.405 e. The zero-order valence-electron chi connectivity index (χ0n) is 32.3. The highest BCUT2D eigenvalue weighted by Gasteiger charge is 2.37. The van der Waals surface area contributed by atoms with Gasteiger partial charge in [-0.15, -0.1) is 0 Å². The molecule has 4 amide bonds. The van der Waals surface area contributed by atoms with Crippen LogP contribution in [-0.2, 0) is 37.2 Å². The summed E-state index contributed by atoms with van der Waals surface area (Å²) < 4.78 is 41.2. The molecule has 18 heteroatoms. The predicted octanol–water partition coefficient (Wildman–Crippen LogP) is 1.94. The second kappa shape index (κ2) is 17.4. The number of sulfonamides is 1. The fraction of sp³-hybridized carbons (Fsp3) is 0.528. The van der Waals surface area contributed by atoms with Crippen molar-refractivity contribution in [3.63, 3.8) is 0 Å². The number of guanidine groups is 1. The molecule has 0 aliphatic carbocycles. The van der Waals surface area contributed by atoms with Crippen molar-refractivity contribution >= 4 is 39.8 Å². The molecule has 0 bridgehead atoms. The standard InChI is InChI=1S/C36H54N8O9S/c1-19-20(2)29(21(3)25-18-36(8,9)53-28(19)25)54(50,51)44-33(37)39-16-10-11-26(32(47)43-38)41-31(46)27(42-30(45)22(4)40-34(48)49)17-23-12-14-24(15-13-23)52-35(5,6)7/h12-15,22,26-27,40H,10-11,16-18,38H2,1-9H3,(H,41,46)(H,42,45)(H,43,47)(H,48,49)(H3,37,39,44). The van der Waals surface area contributed by atoms with Gasteiger partial charge in [0.25, 0.3) is 15.9 Å². The Bertz CT molecular complexity index is 1860. The SMILES string of the molecule is Cc1c(C)c(S(=O)(=O)NC(=N)NCCCC(NC(=O)C(Cc2ccc(OC(C)(C)C)cc2)NC(=O)C(C)NC(=O)O)C(=O)NN)c(C)c2c1OC(C)(C)C2. The van der Waals surface area contributed by atoms with Crippen molar-refractivity contribution in [2.24, 2.45) is 5.84 Å². The van der Waals surface area contributed by atoms with E-state index in [9.17, 15) is 27.6 Å². The molecule has 3 unspecified atom stereocenters. The van der Waals surface area contributed by atoms with E-state index in [0.29, 0.717) is 40.2 Å². The van der Waals surface area contributed by atoms with E-state index >= 15 is 0 Å². The van der Waals surface area contributed by atoms with Gasteiger partial charge >= 0.3 is 6.09 Å². The molecule has 0 spiro atoms. The van der Waals surface area contributed by atoms with Gasteiger partial charge in [0.15, 0.2) is 0 Å². The number of rotatable bonds is 15. The van der Waals surface area contributed by atoms with E-state index in [1.54, 1.807) is 45.0 Å². The second-order valence-electron chi connectivity index (χ2n) is 15.0. The fourth-order valence-electron chi connectivity index (χ4n) is 6.07. The summed E-state index contributed by atoms with van der Waals surface area (Å²) in [5.41, 5.74) is 4.32. The van der Waals surface area contributed by atoms with Crippen LogP contribution in [0.2, 0.25) is 0 Å². The van der Waals surface area contributed by atoms with Crippen molar-refractivity contribution in [1.29, 1.82) is 5.41 Å². The third-order valence-electron chi connectivity index (χ3n) is 8.70. The minimum Gasteiger partial charge on any atom is -0.488 e. The fourth-order valence-corrected chi connectivity index (χ4v) is 7.60. The van der Waals surface area contributed by atoms with Crippen LogP contribution in [-0.4, -0.2) is 79.2 Å². The molecule has 2 aromatic rings. The van der Waals surface area contributed by atoms with Crippen molar-refractivity contribution < 1.29 is 42.2 Å². The zero-order chi connectivity index (χ0) is 40.8. The first kappa shape index (κ1) is 43.3. The Hall–Kier alpha value is -5.10. The third kappa shape index (κ3) is 11.7. The minimum atomic E-state index is -4.17. The third-order valence-corrected chi connectivity index (χ3v) is 10.3. The maximum atomic E-state index is 13.6. The van der Waals surface area contributed by atoms with Crippen LogP contribution >= 0.6 is 0 Å². The molecule has 298 valence electrons. The first-order valence-corrected chi connectivity index (χ1v) is 19.0. The monoisotopic (exact) mass is 774 g/mol. The van der Waals surface area contributed by atoms with Crippen molar-refractivity contribution in [2.75, 3.05) is 6.54 Å². The Kier molecular flexibility index (Phi) is 13.9. The first-order valence-electron chi connectivity index (χ1n) is 17.5. The van der Waals surface area contributed by atoms with E-state index in [4.69, 9.17) is 25.8 Å². The maximum absolute atomic E-state index is 13.6. The number of ether oxygens (including phenoxy) is 2. The summed E-state index contributed by atoms with van der Waals surface area (Å²) in [6.07, 6.45) is -0.718. The van der Waals surface area contributed by atoms with Gasteiger partial charge in [0, 0.05) is 24.9 Å². The van der Waals surface area contributed by atoms with Crippen LogP contribution in [0.1, 0.15) is 82.2 Å². The topological polar surface area (TPSA) is 263 Å². The van der Waals surface area contributed by atoms with Crippen LogP contribution in [0.4, 0.5) is 4.79 Å². The van der Waals surface area contributed by atoms with E-state index in [0.717, 1.165) is 5.56 Å². The number of nitrogens with two attached hydrogens (primary N) is 1. The number of carbonyl (C=O) groups excluding carboxylic acids is 3. The molecule has 1 aliphatic heterocycles. The summed E-state index contributed by atoms with van der Waals surface area (Å²) in [5, 5.41) is 27.2. The van der Waals surface area contributed by atoms with E-state index < -0.39 is 69.1 Å².